The third-order valence-electron chi connectivity index (χ3n) is 2.63. The lowest BCUT2D eigenvalue weighted by atomic mass is 10.1. The van der Waals surface area contributed by atoms with Gasteiger partial charge in [0.15, 0.2) is 0 Å². The first kappa shape index (κ1) is 14.9. The number of hydrogen-bond donors (Lipinski definition) is 4. The van der Waals surface area contributed by atoms with E-state index in [4.69, 9.17) is 10.6 Å². The highest BCUT2D eigenvalue weighted by atomic mass is 16.5. The summed E-state index contributed by atoms with van der Waals surface area (Å²) in [7, 11) is 0. The fraction of sp³-hybridized carbons (Fsp3) is 0.545. The second-order valence-electron chi connectivity index (χ2n) is 4.72. The van der Waals surface area contributed by atoms with Gasteiger partial charge in [0.25, 0.3) is 0 Å². The van der Waals surface area contributed by atoms with Crippen molar-refractivity contribution in [2.45, 2.75) is 38.8 Å². The van der Waals surface area contributed by atoms with Gasteiger partial charge in [0.05, 0.1) is 6.10 Å². The number of hydrazine groups is 1. The van der Waals surface area contributed by atoms with Gasteiger partial charge in [-0.3, -0.25) is 20.3 Å². The SMILES string of the molecule is CC(C)Oc1nc(NN)nc(NC2CCC(=O)NC2=O)n1. The highest BCUT2D eigenvalue weighted by Gasteiger charge is 2.27. The van der Waals surface area contributed by atoms with Crippen molar-refractivity contribution >= 4 is 23.7 Å². The van der Waals surface area contributed by atoms with Crippen LogP contribution in [-0.2, 0) is 9.59 Å². The zero-order valence-electron chi connectivity index (χ0n) is 11.7. The molecule has 5 N–H and O–H groups in total. The van der Waals surface area contributed by atoms with E-state index in [9.17, 15) is 9.59 Å². The Hall–Kier alpha value is -2.49. The number of nitrogen functional groups attached to an aromatic ring is 1. The monoisotopic (exact) mass is 295 g/mol. The number of hydrogen-bond acceptors (Lipinski definition) is 9. The average Bonchev–Trinajstić information content (AvgIpc) is 2.41. The summed E-state index contributed by atoms with van der Waals surface area (Å²) in [6.45, 7) is 3.65. The molecule has 1 aliphatic rings. The summed E-state index contributed by atoms with van der Waals surface area (Å²) in [6.07, 6.45) is 0.495. The van der Waals surface area contributed by atoms with Crippen LogP contribution in [0.5, 0.6) is 6.01 Å². The first-order valence-corrected chi connectivity index (χ1v) is 6.47. The maximum absolute atomic E-state index is 11.7. The van der Waals surface area contributed by atoms with E-state index in [-0.39, 0.29) is 36.3 Å². The molecule has 10 nitrogen and oxygen atoms in total. The molecular weight excluding hydrogens is 278 g/mol. The number of carbonyl (C=O) groups excluding carboxylic acids is 2. The van der Waals surface area contributed by atoms with Crippen molar-refractivity contribution < 1.29 is 14.3 Å². The highest BCUT2D eigenvalue weighted by molar-refractivity contribution is 6.01. The van der Waals surface area contributed by atoms with E-state index in [1.807, 2.05) is 13.8 Å². The number of aromatic nitrogens is 3. The predicted molar refractivity (Wildman–Crippen MR) is 73.2 cm³/mol. The number of anilines is 2. The van der Waals surface area contributed by atoms with Crippen LogP contribution >= 0.6 is 0 Å². The normalized spacial score (nSPS) is 18.4. The van der Waals surface area contributed by atoms with Gasteiger partial charge in [-0.15, -0.1) is 0 Å². The number of nitrogens with one attached hydrogen (secondary N) is 3. The van der Waals surface area contributed by atoms with Crippen molar-refractivity contribution in [3.63, 3.8) is 0 Å². The largest absolute Gasteiger partial charge is 0.461 e. The van der Waals surface area contributed by atoms with Crippen molar-refractivity contribution in [3.8, 4) is 6.01 Å². The van der Waals surface area contributed by atoms with Gasteiger partial charge in [-0.05, 0) is 20.3 Å². The van der Waals surface area contributed by atoms with Gasteiger partial charge in [-0.25, -0.2) is 5.84 Å². The van der Waals surface area contributed by atoms with Crippen LogP contribution in [0, 0.1) is 0 Å². The lowest BCUT2D eigenvalue weighted by molar-refractivity contribution is -0.133. The molecule has 114 valence electrons. The molecule has 1 atom stereocenters. The first-order valence-electron chi connectivity index (χ1n) is 6.47. The average molecular weight is 295 g/mol. The summed E-state index contributed by atoms with van der Waals surface area (Å²) < 4.78 is 5.38. The minimum Gasteiger partial charge on any atom is -0.461 e. The summed E-state index contributed by atoms with van der Waals surface area (Å²) in [6, 6.07) is -0.509. The molecule has 21 heavy (non-hydrogen) atoms. The van der Waals surface area contributed by atoms with Crippen molar-refractivity contribution in [2.24, 2.45) is 5.84 Å². The van der Waals surface area contributed by atoms with Crippen LogP contribution in [0.2, 0.25) is 0 Å². The zero-order valence-corrected chi connectivity index (χ0v) is 11.7. The van der Waals surface area contributed by atoms with E-state index < -0.39 is 11.9 Å². The number of nitrogens with zero attached hydrogens (tertiary/aromatic N) is 3. The molecule has 1 aliphatic heterocycles. The fourth-order valence-corrected chi connectivity index (χ4v) is 1.74. The Kier molecular flexibility index (Phi) is 4.48. The second kappa shape index (κ2) is 6.31. The summed E-state index contributed by atoms with van der Waals surface area (Å²) in [5.41, 5.74) is 2.30. The Morgan fingerprint density at radius 3 is 2.62 bits per heavy atom. The number of ether oxygens (including phenoxy) is 1. The topological polar surface area (TPSA) is 144 Å². The predicted octanol–water partition coefficient (Wildman–Crippen LogP) is -0.838. The number of piperidine rings is 1. The summed E-state index contributed by atoms with van der Waals surface area (Å²) in [5.74, 6) is 4.83. The van der Waals surface area contributed by atoms with Gasteiger partial charge in [0.2, 0.25) is 23.7 Å². The Morgan fingerprint density at radius 1 is 1.29 bits per heavy atom. The molecule has 1 unspecified atom stereocenters. The molecule has 0 aliphatic carbocycles. The summed E-state index contributed by atoms with van der Waals surface area (Å²) >= 11 is 0. The van der Waals surface area contributed by atoms with E-state index in [2.05, 4.69) is 31.0 Å². The summed E-state index contributed by atoms with van der Waals surface area (Å²) in [5, 5.41) is 5.08. The smallest absolute Gasteiger partial charge is 0.323 e. The maximum atomic E-state index is 11.7. The standard InChI is InChI=1S/C11H17N7O3/c1-5(2)21-11-16-9(15-10(17-11)18-12)13-6-3-4-7(19)14-8(6)20/h5-6H,3-4,12H2,1-2H3,(H,14,19,20)(H2,13,15,16,17,18). The van der Waals surface area contributed by atoms with E-state index in [0.29, 0.717) is 6.42 Å². The Balaban J connectivity index is 2.15. The quantitative estimate of drug-likeness (QED) is 0.310. The van der Waals surface area contributed by atoms with Gasteiger partial charge in [-0.1, -0.05) is 0 Å². The first-order chi connectivity index (χ1) is 9.97. The third-order valence-corrected chi connectivity index (χ3v) is 2.63. The van der Waals surface area contributed by atoms with Crippen molar-refractivity contribution in [3.05, 3.63) is 0 Å². The molecule has 0 spiro atoms. The number of rotatable bonds is 5. The molecule has 1 aromatic heterocycles. The molecule has 1 fully saturated rings. The molecule has 0 radical (unpaired) electrons. The van der Waals surface area contributed by atoms with Crippen LogP contribution < -0.4 is 26.6 Å². The van der Waals surface area contributed by atoms with Gasteiger partial charge >= 0.3 is 6.01 Å². The molecule has 0 aromatic carbocycles. The molecule has 1 aromatic rings. The summed E-state index contributed by atoms with van der Waals surface area (Å²) in [4.78, 5) is 34.8. The Morgan fingerprint density at radius 2 is 2.00 bits per heavy atom. The van der Waals surface area contributed by atoms with E-state index in [1.165, 1.54) is 0 Å². The second-order valence-corrected chi connectivity index (χ2v) is 4.72. The minimum absolute atomic E-state index is 0.0859. The molecule has 10 heteroatoms. The minimum atomic E-state index is -0.595. The van der Waals surface area contributed by atoms with Crippen LogP contribution in [0.25, 0.3) is 0 Å². The maximum Gasteiger partial charge on any atom is 0.323 e. The van der Waals surface area contributed by atoms with Gasteiger partial charge in [0.1, 0.15) is 6.04 Å². The van der Waals surface area contributed by atoms with Crippen LogP contribution in [0.4, 0.5) is 11.9 Å². The van der Waals surface area contributed by atoms with Crippen LogP contribution in [0.3, 0.4) is 0 Å². The van der Waals surface area contributed by atoms with Crippen LogP contribution in [0.15, 0.2) is 0 Å². The number of carbonyl (C=O) groups is 2. The molecule has 0 bridgehead atoms. The van der Waals surface area contributed by atoms with E-state index >= 15 is 0 Å². The fourth-order valence-electron chi connectivity index (χ4n) is 1.74. The Bertz CT molecular complexity index is 549. The number of imide groups is 1. The molecule has 2 amide bonds. The van der Waals surface area contributed by atoms with E-state index in [0.717, 1.165) is 0 Å². The molecule has 2 heterocycles. The highest BCUT2D eigenvalue weighted by Crippen LogP contribution is 2.15. The lowest BCUT2D eigenvalue weighted by Gasteiger charge is -2.22. The van der Waals surface area contributed by atoms with Crippen molar-refractivity contribution in [2.75, 3.05) is 10.7 Å². The van der Waals surface area contributed by atoms with Crippen molar-refractivity contribution in [1.82, 2.24) is 20.3 Å². The third kappa shape index (κ3) is 3.99. The Labute approximate surface area is 120 Å². The zero-order chi connectivity index (χ0) is 15.4. The van der Waals surface area contributed by atoms with Crippen LogP contribution in [-0.4, -0.2) is 38.9 Å². The molecule has 2 rings (SSSR count). The number of amides is 2. The molecular formula is C11H17N7O3. The van der Waals surface area contributed by atoms with Gasteiger partial charge < -0.3 is 10.1 Å². The van der Waals surface area contributed by atoms with Crippen molar-refractivity contribution in [1.29, 1.82) is 0 Å². The van der Waals surface area contributed by atoms with Gasteiger partial charge in [-0.2, -0.15) is 15.0 Å². The van der Waals surface area contributed by atoms with Gasteiger partial charge in [0, 0.05) is 6.42 Å². The lowest BCUT2D eigenvalue weighted by Crippen LogP contribution is -2.47. The molecule has 0 saturated carbocycles. The van der Waals surface area contributed by atoms with E-state index in [1.54, 1.807) is 0 Å². The van der Waals surface area contributed by atoms with Crippen LogP contribution in [0.1, 0.15) is 26.7 Å². The molecule has 1 saturated heterocycles. The number of nitrogens with two attached hydrogens (primary N) is 1.